The SMILES string of the molecule is CC1NC(=O)c2ccc(Nc3ncc(-c4nnco4)c(N[C@H](CO)c4ccccc4)n3)nc21. The van der Waals surface area contributed by atoms with Crippen molar-refractivity contribution in [1.82, 2.24) is 30.5 Å². The molecule has 1 amide bonds. The highest BCUT2D eigenvalue weighted by molar-refractivity contribution is 5.98. The molecule has 0 aliphatic carbocycles. The van der Waals surface area contributed by atoms with Crippen molar-refractivity contribution in [3.8, 4) is 11.5 Å². The summed E-state index contributed by atoms with van der Waals surface area (Å²) in [5.74, 6) is 1.26. The number of anilines is 3. The van der Waals surface area contributed by atoms with E-state index in [4.69, 9.17) is 4.42 Å². The second kappa shape index (κ2) is 8.63. The Balaban J connectivity index is 1.47. The lowest BCUT2D eigenvalue weighted by atomic mass is 10.1. The van der Waals surface area contributed by atoms with Gasteiger partial charge in [0.05, 0.1) is 35.5 Å². The monoisotopic (exact) mass is 444 g/mol. The highest BCUT2D eigenvalue weighted by atomic mass is 16.4. The number of rotatable bonds is 7. The van der Waals surface area contributed by atoms with Gasteiger partial charge < -0.3 is 25.5 Å². The summed E-state index contributed by atoms with van der Waals surface area (Å²) >= 11 is 0. The minimum Gasteiger partial charge on any atom is -0.423 e. The average molecular weight is 444 g/mol. The molecule has 4 heterocycles. The van der Waals surface area contributed by atoms with Gasteiger partial charge in [0.25, 0.3) is 11.8 Å². The van der Waals surface area contributed by atoms with Crippen molar-refractivity contribution in [1.29, 1.82) is 0 Å². The Kier molecular flexibility index (Phi) is 5.37. The Labute approximate surface area is 188 Å². The summed E-state index contributed by atoms with van der Waals surface area (Å²) in [6.07, 6.45) is 2.77. The Morgan fingerprint density at radius 2 is 2.00 bits per heavy atom. The van der Waals surface area contributed by atoms with Crippen molar-refractivity contribution >= 4 is 23.5 Å². The number of aliphatic hydroxyl groups is 1. The van der Waals surface area contributed by atoms with E-state index in [-0.39, 0.29) is 30.4 Å². The molecule has 0 spiro atoms. The Morgan fingerprint density at radius 1 is 1.15 bits per heavy atom. The van der Waals surface area contributed by atoms with Gasteiger partial charge in [0.2, 0.25) is 12.3 Å². The van der Waals surface area contributed by atoms with Crippen LogP contribution in [0, 0.1) is 0 Å². The van der Waals surface area contributed by atoms with Gasteiger partial charge in [0.15, 0.2) is 0 Å². The van der Waals surface area contributed by atoms with Crippen LogP contribution < -0.4 is 16.0 Å². The third-order valence-electron chi connectivity index (χ3n) is 5.24. The number of fused-ring (bicyclic) bond motifs is 1. The molecule has 1 aromatic carbocycles. The smallest absolute Gasteiger partial charge is 0.253 e. The van der Waals surface area contributed by atoms with Crippen LogP contribution in [0.1, 0.15) is 40.6 Å². The molecule has 33 heavy (non-hydrogen) atoms. The number of pyridine rings is 1. The van der Waals surface area contributed by atoms with E-state index in [1.165, 1.54) is 6.39 Å². The summed E-state index contributed by atoms with van der Waals surface area (Å²) in [7, 11) is 0. The van der Waals surface area contributed by atoms with Gasteiger partial charge in [-0.1, -0.05) is 30.3 Å². The Morgan fingerprint density at radius 3 is 2.76 bits per heavy atom. The zero-order valence-corrected chi connectivity index (χ0v) is 17.6. The number of aromatic nitrogens is 5. The molecule has 4 aromatic rings. The van der Waals surface area contributed by atoms with Gasteiger partial charge in [-0.25, -0.2) is 9.97 Å². The molecule has 1 aliphatic heterocycles. The maximum atomic E-state index is 11.9. The number of amides is 1. The van der Waals surface area contributed by atoms with E-state index in [2.05, 4.69) is 41.1 Å². The van der Waals surface area contributed by atoms with Crippen molar-refractivity contribution in [2.45, 2.75) is 19.0 Å². The van der Waals surface area contributed by atoms with Crippen LogP contribution in [0.25, 0.3) is 11.5 Å². The summed E-state index contributed by atoms with van der Waals surface area (Å²) in [6, 6.07) is 12.3. The quantitative estimate of drug-likeness (QED) is 0.335. The lowest BCUT2D eigenvalue weighted by Crippen LogP contribution is -2.17. The van der Waals surface area contributed by atoms with Gasteiger partial charge in [0.1, 0.15) is 11.6 Å². The Bertz CT molecular complexity index is 1280. The van der Waals surface area contributed by atoms with Gasteiger partial charge in [-0.15, -0.1) is 10.2 Å². The van der Waals surface area contributed by atoms with Crippen molar-refractivity contribution in [3.63, 3.8) is 0 Å². The first-order valence-electron chi connectivity index (χ1n) is 10.3. The van der Waals surface area contributed by atoms with Crippen LogP contribution in [-0.4, -0.2) is 42.8 Å². The van der Waals surface area contributed by atoms with Gasteiger partial charge in [-0.3, -0.25) is 4.79 Å². The van der Waals surface area contributed by atoms with E-state index < -0.39 is 6.04 Å². The molecule has 0 radical (unpaired) electrons. The third kappa shape index (κ3) is 4.08. The van der Waals surface area contributed by atoms with Gasteiger partial charge >= 0.3 is 0 Å². The van der Waals surface area contributed by atoms with Crippen LogP contribution >= 0.6 is 0 Å². The largest absolute Gasteiger partial charge is 0.423 e. The van der Waals surface area contributed by atoms with Crippen LogP contribution in [0.15, 0.2) is 59.5 Å². The summed E-state index contributed by atoms with van der Waals surface area (Å²) in [4.78, 5) is 25.4. The number of carbonyl (C=O) groups excluding carboxylic acids is 1. The van der Waals surface area contributed by atoms with E-state index >= 15 is 0 Å². The number of nitrogens with one attached hydrogen (secondary N) is 3. The van der Waals surface area contributed by atoms with E-state index in [1.807, 2.05) is 37.3 Å². The molecular formula is C22H20N8O3. The number of carbonyl (C=O) groups is 1. The van der Waals surface area contributed by atoms with Crippen LogP contribution in [0.4, 0.5) is 17.6 Å². The molecule has 0 fully saturated rings. The molecule has 0 saturated heterocycles. The zero-order valence-electron chi connectivity index (χ0n) is 17.6. The molecule has 5 rings (SSSR count). The van der Waals surface area contributed by atoms with Gasteiger partial charge in [0, 0.05) is 6.20 Å². The maximum absolute atomic E-state index is 11.9. The normalized spacial score (nSPS) is 15.6. The van der Waals surface area contributed by atoms with Crippen LogP contribution in [0.2, 0.25) is 0 Å². The number of hydrogen-bond donors (Lipinski definition) is 4. The van der Waals surface area contributed by atoms with Crippen molar-refractivity contribution < 1.29 is 14.3 Å². The average Bonchev–Trinajstić information content (AvgIpc) is 3.46. The molecule has 0 bridgehead atoms. The minimum atomic E-state index is -0.424. The molecule has 1 aliphatic rings. The van der Waals surface area contributed by atoms with Crippen LogP contribution in [0.3, 0.4) is 0 Å². The topological polar surface area (TPSA) is 151 Å². The molecule has 11 nitrogen and oxygen atoms in total. The minimum absolute atomic E-state index is 0.140. The fourth-order valence-corrected chi connectivity index (χ4v) is 3.61. The second-order valence-electron chi connectivity index (χ2n) is 7.44. The number of hydrogen-bond acceptors (Lipinski definition) is 10. The lowest BCUT2D eigenvalue weighted by Gasteiger charge is -2.19. The fourth-order valence-electron chi connectivity index (χ4n) is 3.61. The number of aliphatic hydroxyl groups excluding tert-OH is 1. The molecule has 166 valence electrons. The predicted octanol–water partition coefficient (Wildman–Crippen LogP) is 2.62. The van der Waals surface area contributed by atoms with Gasteiger partial charge in [-0.05, 0) is 24.6 Å². The van der Waals surface area contributed by atoms with Gasteiger partial charge in [-0.2, -0.15) is 4.98 Å². The molecule has 3 aromatic heterocycles. The van der Waals surface area contributed by atoms with Crippen molar-refractivity contribution in [2.75, 3.05) is 17.2 Å². The summed E-state index contributed by atoms with van der Waals surface area (Å²) in [5, 5.41) is 26.8. The standard InChI is InChI=1S/C22H20N8O3/c1-12-18-14(20(32)25-12)7-8-17(27-18)28-22-23-9-15(21-30-24-11-33-21)19(29-22)26-16(10-31)13-5-3-2-4-6-13/h2-9,11-12,16,31H,10H2,1H3,(H,25,32)(H2,23,26,27,28,29)/t12?,16-/m1/s1. The first-order chi connectivity index (χ1) is 16.1. The van der Waals surface area contributed by atoms with Crippen molar-refractivity contribution in [3.05, 3.63) is 71.9 Å². The van der Waals surface area contributed by atoms with E-state index in [1.54, 1.807) is 18.3 Å². The fraction of sp³-hybridized carbons (Fsp3) is 0.182. The first-order valence-corrected chi connectivity index (χ1v) is 10.3. The molecule has 4 N–H and O–H groups in total. The van der Waals surface area contributed by atoms with Crippen LogP contribution in [-0.2, 0) is 0 Å². The summed E-state index contributed by atoms with van der Waals surface area (Å²) in [5.41, 5.74) is 2.58. The van der Waals surface area contributed by atoms with Crippen molar-refractivity contribution in [2.24, 2.45) is 0 Å². The predicted molar refractivity (Wildman–Crippen MR) is 119 cm³/mol. The third-order valence-corrected chi connectivity index (χ3v) is 5.24. The molecular weight excluding hydrogens is 424 g/mol. The number of benzene rings is 1. The molecule has 2 atom stereocenters. The Hall–Kier alpha value is -4.38. The lowest BCUT2D eigenvalue weighted by molar-refractivity contribution is 0.0958. The van der Waals surface area contributed by atoms with E-state index in [0.29, 0.717) is 28.5 Å². The summed E-state index contributed by atoms with van der Waals surface area (Å²) < 4.78 is 5.34. The summed E-state index contributed by atoms with van der Waals surface area (Å²) in [6.45, 7) is 1.71. The second-order valence-corrected chi connectivity index (χ2v) is 7.44. The molecule has 1 unspecified atom stereocenters. The first kappa shape index (κ1) is 20.5. The zero-order chi connectivity index (χ0) is 22.8. The highest BCUT2D eigenvalue weighted by Crippen LogP contribution is 2.30. The molecule has 0 saturated carbocycles. The molecule has 11 heteroatoms. The highest BCUT2D eigenvalue weighted by Gasteiger charge is 2.27. The number of nitrogens with zero attached hydrogens (tertiary/aromatic N) is 5. The van der Waals surface area contributed by atoms with E-state index in [9.17, 15) is 9.90 Å². The van der Waals surface area contributed by atoms with Crippen LogP contribution in [0.5, 0.6) is 0 Å². The van der Waals surface area contributed by atoms with E-state index in [0.717, 1.165) is 5.56 Å². The maximum Gasteiger partial charge on any atom is 0.253 e.